The number of aliphatic carboxylic acids is 1. The molecule has 0 saturated carbocycles. The molecule has 1 aromatic heterocycles. The second-order valence-corrected chi connectivity index (χ2v) is 3.50. The molecule has 0 amide bonds. The van der Waals surface area contributed by atoms with Crippen LogP contribution in [-0.2, 0) is 11.2 Å². The van der Waals surface area contributed by atoms with E-state index in [4.69, 9.17) is 10.8 Å². The number of carboxylic acids is 1. The fraction of sp³-hybridized carbons (Fsp3) is 0.182. The van der Waals surface area contributed by atoms with Gasteiger partial charge in [0.15, 0.2) is 0 Å². The second-order valence-electron chi connectivity index (χ2n) is 3.50. The van der Waals surface area contributed by atoms with Crippen molar-refractivity contribution in [3.8, 4) is 0 Å². The fourth-order valence-electron chi connectivity index (χ4n) is 1.41. The molecule has 3 N–H and O–H groups in total. The van der Waals surface area contributed by atoms with Gasteiger partial charge >= 0.3 is 5.97 Å². The van der Waals surface area contributed by atoms with Crippen LogP contribution in [0.15, 0.2) is 30.5 Å². The van der Waals surface area contributed by atoms with Crippen molar-refractivity contribution in [3.63, 3.8) is 0 Å². The molecule has 0 aliphatic heterocycles. The zero-order valence-electron chi connectivity index (χ0n) is 8.50. The van der Waals surface area contributed by atoms with E-state index in [1.54, 1.807) is 6.20 Å². The molecule has 1 atom stereocenters. The first-order valence-electron chi connectivity index (χ1n) is 4.86. The largest absolute Gasteiger partial charge is 0.480 e. The first kappa shape index (κ1) is 10.5. The Kier molecular flexibility index (Phi) is 2.78. The van der Waals surface area contributed by atoms with Crippen LogP contribution < -0.4 is 5.73 Å². The van der Waals surface area contributed by atoms with E-state index < -0.39 is 12.0 Å². The van der Waals surface area contributed by atoms with Crippen LogP contribution in [0.1, 0.15) is 5.69 Å². The molecule has 2 aromatic rings. The topological polar surface area (TPSA) is 89.1 Å². The summed E-state index contributed by atoms with van der Waals surface area (Å²) in [6.45, 7) is 0. The molecule has 82 valence electrons. The van der Waals surface area contributed by atoms with Crippen molar-refractivity contribution in [2.24, 2.45) is 5.73 Å². The van der Waals surface area contributed by atoms with E-state index in [0.29, 0.717) is 5.69 Å². The Labute approximate surface area is 91.9 Å². The van der Waals surface area contributed by atoms with Gasteiger partial charge in [-0.2, -0.15) is 0 Å². The normalized spacial score (nSPS) is 12.6. The van der Waals surface area contributed by atoms with Crippen molar-refractivity contribution in [3.05, 3.63) is 36.2 Å². The van der Waals surface area contributed by atoms with E-state index in [1.165, 1.54) is 0 Å². The van der Waals surface area contributed by atoms with Crippen molar-refractivity contribution in [1.29, 1.82) is 0 Å². The zero-order valence-corrected chi connectivity index (χ0v) is 8.50. The van der Waals surface area contributed by atoms with Gasteiger partial charge in [0.2, 0.25) is 0 Å². The predicted octanol–water partition coefficient (Wildman–Crippen LogP) is 0.584. The van der Waals surface area contributed by atoms with Gasteiger partial charge in [0.25, 0.3) is 0 Å². The van der Waals surface area contributed by atoms with Crippen molar-refractivity contribution < 1.29 is 9.90 Å². The third-order valence-electron chi connectivity index (χ3n) is 2.24. The van der Waals surface area contributed by atoms with Gasteiger partial charge in [-0.25, -0.2) is 4.98 Å². The predicted molar refractivity (Wildman–Crippen MR) is 58.9 cm³/mol. The van der Waals surface area contributed by atoms with Gasteiger partial charge in [-0.05, 0) is 12.1 Å². The summed E-state index contributed by atoms with van der Waals surface area (Å²) in [6.07, 6.45) is 1.75. The van der Waals surface area contributed by atoms with Crippen LogP contribution in [-0.4, -0.2) is 27.1 Å². The lowest BCUT2D eigenvalue weighted by atomic mass is 10.2. The number of fused-ring (bicyclic) bond motifs is 1. The van der Waals surface area contributed by atoms with Gasteiger partial charge in [-0.3, -0.25) is 9.78 Å². The van der Waals surface area contributed by atoms with Crippen molar-refractivity contribution >= 4 is 17.0 Å². The van der Waals surface area contributed by atoms with E-state index in [1.807, 2.05) is 24.3 Å². The molecule has 0 spiro atoms. The molecule has 1 aromatic carbocycles. The summed E-state index contributed by atoms with van der Waals surface area (Å²) < 4.78 is 0. The summed E-state index contributed by atoms with van der Waals surface area (Å²) in [5, 5.41) is 8.68. The first-order chi connectivity index (χ1) is 7.66. The number of nitrogens with two attached hydrogens (primary N) is 1. The number of nitrogens with zero attached hydrogens (tertiary/aromatic N) is 2. The average Bonchev–Trinajstić information content (AvgIpc) is 2.28. The maximum Gasteiger partial charge on any atom is 0.320 e. The number of carboxylic acid groups (broad SMARTS) is 1. The van der Waals surface area contributed by atoms with Gasteiger partial charge in [0.1, 0.15) is 6.04 Å². The Morgan fingerprint density at radius 3 is 2.75 bits per heavy atom. The first-order valence-corrected chi connectivity index (χ1v) is 4.86. The van der Waals surface area contributed by atoms with Crippen LogP contribution in [0.25, 0.3) is 11.0 Å². The maximum atomic E-state index is 10.6. The second kappa shape index (κ2) is 4.24. The Morgan fingerprint density at radius 2 is 2.06 bits per heavy atom. The molecule has 1 unspecified atom stereocenters. The van der Waals surface area contributed by atoms with Gasteiger partial charge in [0, 0.05) is 12.6 Å². The summed E-state index contributed by atoms with van der Waals surface area (Å²) in [6, 6.07) is 6.48. The third kappa shape index (κ3) is 2.14. The lowest BCUT2D eigenvalue weighted by molar-refractivity contribution is -0.138. The van der Waals surface area contributed by atoms with Gasteiger partial charge in [-0.15, -0.1) is 0 Å². The molecular weight excluding hydrogens is 206 g/mol. The van der Waals surface area contributed by atoms with Crippen LogP contribution >= 0.6 is 0 Å². The Hall–Kier alpha value is -2.01. The van der Waals surface area contributed by atoms with Crippen LogP contribution in [0.4, 0.5) is 0 Å². The minimum absolute atomic E-state index is 0.188. The Morgan fingerprint density at radius 1 is 1.38 bits per heavy atom. The summed E-state index contributed by atoms with van der Waals surface area (Å²) in [4.78, 5) is 19.1. The molecule has 1 heterocycles. The quantitative estimate of drug-likeness (QED) is 0.785. The number of para-hydroxylation sites is 2. The van der Waals surface area contributed by atoms with Crippen molar-refractivity contribution in [1.82, 2.24) is 9.97 Å². The molecular formula is C11H11N3O2. The smallest absolute Gasteiger partial charge is 0.320 e. The van der Waals surface area contributed by atoms with Crippen molar-refractivity contribution in [2.75, 3.05) is 0 Å². The minimum atomic E-state index is -1.03. The number of carbonyl (C=O) groups is 1. The average molecular weight is 217 g/mol. The molecule has 5 nitrogen and oxygen atoms in total. The van der Waals surface area contributed by atoms with Crippen molar-refractivity contribution in [2.45, 2.75) is 12.5 Å². The lowest BCUT2D eigenvalue weighted by Gasteiger charge is -2.05. The molecule has 5 heteroatoms. The van der Waals surface area contributed by atoms with E-state index in [2.05, 4.69) is 9.97 Å². The molecule has 0 bridgehead atoms. The van der Waals surface area contributed by atoms with Crippen LogP contribution in [0.5, 0.6) is 0 Å². The number of aromatic nitrogens is 2. The van der Waals surface area contributed by atoms with Gasteiger partial charge in [-0.1, -0.05) is 12.1 Å². The van der Waals surface area contributed by atoms with Crippen LogP contribution in [0.2, 0.25) is 0 Å². The molecule has 16 heavy (non-hydrogen) atoms. The number of hydrogen-bond donors (Lipinski definition) is 2. The standard InChI is InChI=1S/C11H11N3O2/c12-8(11(15)16)5-7-6-13-9-3-1-2-4-10(9)14-7/h1-4,6,8H,5,12H2,(H,15,16). The molecule has 0 aliphatic carbocycles. The Bertz CT molecular complexity index is 527. The lowest BCUT2D eigenvalue weighted by Crippen LogP contribution is -2.32. The van der Waals surface area contributed by atoms with Gasteiger partial charge < -0.3 is 10.8 Å². The minimum Gasteiger partial charge on any atom is -0.480 e. The van der Waals surface area contributed by atoms with E-state index in [-0.39, 0.29) is 6.42 Å². The number of rotatable bonds is 3. The van der Waals surface area contributed by atoms with Crippen LogP contribution in [0, 0.1) is 0 Å². The summed E-state index contributed by atoms with van der Waals surface area (Å²) in [7, 11) is 0. The summed E-state index contributed by atoms with van der Waals surface area (Å²) >= 11 is 0. The highest BCUT2D eigenvalue weighted by Gasteiger charge is 2.13. The monoisotopic (exact) mass is 217 g/mol. The fourth-order valence-corrected chi connectivity index (χ4v) is 1.41. The zero-order chi connectivity index (χ0) is 11.5. The molecule has 2 rings (SSSR count). The summed E-state index contributed by atoms with van der Waals surface area (Å²) in [5.74, 6) is -1.03. The van der Waals surface area contributed by atoms with E-state index >= 15 is 0 Å². The maximum absolute atomic E-state index is 10.6. The Balaban J connectivity index is 2.29. The highest BCUT2D eigenvalue weighted by molar-refractivity contribution is 5.75. The third-order valence-corrected chi connectivity index (χ3v) is 2.24. The van der Waals surface area contributed by atoms with Crippen LogP contribution in [0.3, 0.4) is 0 Å². The summed E-state index contributed by atoms with van der Waals surface area (Å²) in [5.41, 5.74) is 7.55. The molecule has 0 aliphatic rings. The molecule has 0 radical (unpaired) electrons. The highest BCUT2D eigenvalue weighted by atomic mass is 16.4. The number of benzene rings is 1. The molecule has 0 fully saturated rings. The SMILES string of the molecule is NC(Cc1cnc2ccccc2n1)C(=O)O. The molecule has 0 saturated heterocycles. The highest BCUT2D eigenvalue weighted by Crippen LogP contribution is 2.09. The van der Waals surface area contributed by atoms with E-state index in [0.717, 1.165) is 11.0 Å². The number of hydrogen-bond acceptors (Lipinski definition) is 4. The van der Waals surface area contributed by atoms with Gasteiger partial charge in [0.05, 0.1) is 16.7 Å². The van der Waals surface area contributed by atoms with E-state index in [9.17, 15) is 4.79 Å².